The first kappa shape index (κ1) is 29.8. The number of hydrogen-bond acceptors (Lipinski definition) is 7. The van der Waals surface area contributed by atoms with Gasteiger partial charge in [0.2, 0.25) is 11.8 Å². The third kappa shape index (κ3) is 6.95. The van der Waals surface area contributed by atoms with Crippen LogP contribution in [0.25, 0.3) is 0 Å². The second kappa shape index (κ2) is 13.6. The number of carbonyl (C=O) groups excluding carboxylic acids is 3. The van der Waals surface area contributed by atoms with Gasteiger partial charge in [-0.25, -0.2) is 14.2 Å². The number of amidine groups is 1. The largest absolute Gasteiger partial charge is 0.445 e. The van der Waals surface area contributed by atoms with Crippen molar-refractivity contribution < 1.29 is 28.2 Å². The first-order valence-corrected chi connectivity index (χ1v) is 15.6. The highest BCUT2D eigenvalue weighted by atomic mass is 32.2. The maximum atomic E-state index is 13.8. The number of hydrogen-bond donors (Lipinski definition) is 1. The van der Waals surface area contributed by atoms with Crippen molar-refractivity contribution in [1.82, 2.24) is 9.80 Å². The summed E-state index contributed by atoms with van der Waals surface area (Å²) in [6.45, 7) is 1.65. The molecule has 3 amide bonds. The van der Waals surface area contributed by atoms with Crippen molar-refractivity contribution >= 4 is 46.2 Å². The number of thioether (sulfide) groups is 1. The van der Waals surface area contributed by atoms with Gasteiger partial charge in [-0.15, -0.1) is 0 Å². The molecule has 228 valence electrons. The van der Waals surface area contributed by atoms with Crippen LogP contribution in [0.15, 0.2) is 83.9 Å². The number of benzene rings is 3. The lowest BCUT2D eigenvalue weighted by Crippen LogP contribution is -2.43. The lowest BCUT2D eigenvalue weighted by Gasteiger charge is -2.23. The van der Waals surface area contributed by atoms with Gasteiger partial charge in [0.05, 0.1) is 18.3 Å². The summed E-state index contributed by atoms with van der Waals surface area (Å²) >= 11 is 1.31. The van der Waals surface area contributed by atoms with Crippen molar-refractivity contribution in [3.8, 4) is 0 Å². The van der Waals surface area contributed by atoms with Gasteiger partial charge < -0.3 is 14.8 Å². The predicted octanol–water partition coefficient (Wildman–Crippen LogP) is 6.05. The van der Waals surface area contributed by atoms with E-state index in [1.165, 1.54) is 28.8 Å². The van der Waals surface area contributed by atoms with Crippen LogP contribution in [0.3, 0.4) is 0 Å². The summed E-state index contributed by atoms with van der Waals surface area (Å²) in [5.74, 6) is -0.802. The first-order chi connectivity index (χ1) is 21.4. The second-order valence-electron chi connectivity index (χ2n) is 11.0. The number of aliphatic imine (C=N–C) groups is 1. The Morgan fingerprint density at radius 3 is 2.59 bits per heavy atom. The quantitative estimate of drug-likeness (QED) is 0.331. The first-order valence-electron chi connectivity index (χ1n) is 14.8. The Hall–Kier alpha value is -4.22. The molecule has 3 aromatic carbocycles. The van der Waals surface area contributed by atoms with E-state index >= 15 is 0 Å². The monoisotopic (exact) mass is 616 g/mol. The summed E-state index contributed by atoms with van der Waals surface area (Å²) in [6.07, 6.45) is 2.48. The van der Waals surface area contributed by atoms with E-state index in [1.54, 1.807) is 41.3 Å². The smallest absolute Gasteiger partial charge is 0.410 e. The topological polar surface area (TPSA) is 101 Å². The number of halogens is 1. The highest BCUT2D eigenvalue weighted by molar-refractivity contribution is 8.15. The van der Waals surface area contributed by atoms with Crippen LogP contribution in [-0.4, -0.2) is 64.7 Å². The molecule has 3 fully saturated rings. The number of rotatable bonds is 8. The molecule has 0 saturated carbocycles. The standard InChI is InChI=1S/C33H33FN4O5S/c34-24-9-4-10-26(19-24)36-32-38(20-27-11-6-18-42-27)31(40)29(44-32)23-13-15-25(16-14-23)35-30(39)28-12-5-17-37(28)33(41)43-21-22-7-2-1-3-8-22/h1-4,7-10,13-16,19,27-29H,5-6,11-12,17-18,20-21H2,(H,35,39)/t27?,28-,29?/m0/s1. The normalized spacial score (nSPS) is 22.5. The van der Waals surface area contributed by atoms with E-state index < -0.39 is 23.2 Å². The molecule has 11 heteroatoms. The minimum atomic E-state index is -0.627. The molecule has 6 rings (SSSR count). The van der Waals surface area contributed by atoms with Crippen molar-refractivity contribution in [2.45, 2.75) is 49.7 Å². The maximum absolute atomic E-state index is 13.8. The summed E-state index contributed by atoms with van der Waals surface area (Å²) in [5, 5.41) is 2.86. The summed E-state index contributed by atoms with van der Waals surface area (Å²) in [6, 6.07) is 21.9. The van der Waals surface area contributed by atoms with Gasteiger partial charge in [0, 0.05) is 18.8 Å². The molecular weight excluding hydrogens is 583 g/mol. The molecule has 0 aliphatic carbocycles. The van der Waals surface area contributed by atoms with Gasteiger partial charge in [-0.2, -0.15) is 0 Å². The molecule has 3 saturated heterocycles. The van der Waals surface area contributed by atoms with E-state index in [0.717, 1.165) is 24.0 Å². The minimum absolute atomic E-state index is 0.0700. The van der Waals surface area contributed by atoms with E-state index in [0.29, 0.717) is 49.1 Å². The van der Waals surface area contributed by atoms with Crippen LogP contribution in [0.2, 0.25) is 0 Å². The Morgan fingerprint density at radius 2 is 1.84 bits per heavy atom. The summed E-state index contributed by atoms with van der Waals surface area (Å²) in [5.41, 5.74) is 2.62. The Morgan fingerprint density at radius 1 is 1.02 bits per heavy atom. The molecule has 0 spiro atoms. The predicted molar refractivity (Wildman–Crippen MR) is 166 cm³/mol. The van der Waals surface area contributed by atoms with Crippen molar-refractivity contribution in [3.05, 3.63) is 95.8 Å². The third-order valence-electron chi connectivity index (χ3n) is 7.86. The van der Waals surface area contributed by atoms with Crippen LogP contribution in [0.5, 0.6) is 0 Å². The van der Waals surface area contributed by atoms with E-state index in [9.17, 15) is 18.8 Å². The molecule has 3 aromatic rings. The maximum Gasteiger partial charge on any atom is 0.410 e. The van der Waals surface area contributed by atoms with Crippen molar-refractivity contribution in [2.75, 3.05) is 25.0 Å². The van der Waals surface area contributed by atoms with Gasteiger partial charge in [-0.05, 0) is 67.1 Å². The third-order valence-corrected chi connectivity index (χ3v) is 9.10. The van der Waals surface area contributed by atoms with Gasteiger partial charge >= 0.3 is 6.09 Å². The number of amides is 3. The molecule has 3 aliphatic rings. The molecule has 0 aromatic heterocycles. The van der Waals surface area contributed by atoms with E-state index in [1.807, 2.05) is 30.3 Å². The Bertz CT molecular complexity index is 1530. The lowest BCUT2D eigenvalue weighted by molar-refractivity contribution is -0.127. The van der Waals surface area contributed by atoms with Gasteiger partial charge in [0.25, 0.3) is 0 Å². The van der Waals surface area contributed by atoms with Crippen LogP contribution >= 0.6 is 11.8 Å². The van der Waals surface area contributed by atoms with Gasteiger partial charge in [-0.1, -0.05) is 60.3 Å². The average Bonchev–Trinajstić information content (AvgIpc) is 3.80. The Kier molecular flexibility index (Phi) is 9.23. The van der Waals surface area contributed by atoms with Crippen molar-refractivity contribution in [1.29, 1.82) is 0 Å². The zero-order valence-electron chi connectivity index (χ0n) is 24.1. The summed E-state index contributed by atoms with van der Waals surface area (Å²) < 4.78 is 25.1. The highest BCUT2D eigenvalue weighted by Crippen LogP contribution is 2.41. The fourth-order valence-corrected chi connectivity index (χ4v) is 6.78. The fourth-order valence-electron chi connectivity index (χ4n) is 5.60. The molecule has 2 unspecified atom stereocenters. The van der Waals surface area contributed by atoms with E-state index in [2.05, 4.69) is 10.3 Å². The molecule has 1 N–H and O–H groups in total. The molecule has 3 aliphatic heterocycles. The lowest BCUT2D eigenvalue weighted by atomic mass is 10.1. The molecule has 3 atom stereocenters. The highest BCUT2D eigenvalue weighted by Gasteiger charge is 2.41. The molecule has 0 radical (unpaired) electrons. The van der Waals surface area contributed by atoms with Crippen molar-refractivity contribution in [3.63, 3.8) is 0 Å². The van der Waals surface area contributed by atoms with Crippen LogP contribution < -0.4 is 5.32 Å². The number of nitrogens with one attached hydrogen (secondary N) is 1. The van der Waals surface area contributed by atoms with Gasteiger partial charge in [0.15, 0.2) is 5.17 Å². The zero-order valence-corrected chi connectivity index (χ0v) is 24.9. The number of anilines is 1. The molecule has 0 bridgehead atoms. The number of ether oxygens (including phenoxy) is 2. The molecule has 9 nitrogen and oxygen atoms in total. The summed E-state index contributed by atoms with van der Waals surface area (Å²) in [7, 11) is 0. The zero-order chi connectivity index (χ0) is 30.5. The Balaban J connectivity index is 1.11. The van der Waals surface area contributed by atoms with E-state index in [4.69, 9.17) is 9.47 Å². The minimum Gasteiger partial charge on any atom is -0.445 e. The average molecular weight is 617 g/mol. The van der Waals surface area contributed by atoms with Crippen LogP contribution in [0, 0.1) is 5.82 Å². The molecular formula is C33H33FN4O5S. The van der Waals surface area contributed by atoms with Crippen LogP contribution in [-0.2, 0) is 25.7 Å². The Labute approximate surface area is 259 Å². The number of nitrogens with zero attached hydrogens (tertiary/aromatic N) is 3. The molecule has 44 heavy (non-hydrogen) atoms. The SMILES string of the molecule is O=C(Nc1ccc(C2SC(=Nc3cccc(F)c3)N(CC3CCCO3)C2=O)cc1)[C@@H]1CCCN1C(=O)OCc1ccccc1. The summed E-state index contributed by atoms with van der Waals surface area (Å²) in [4.78, 5) is 47.3. The number of carbonyl (C=O) groups is 3. The number of likely N-dealkylation sites (tertiary alicyclic amines) is 1. The fraction of sp³-hybridized carbons (Fsp3) is 0.333. The van der Waals surface area contributed by atoms with Crippen LogP contribution in [0.4, 0.5) is 20.6 Å². The van der Waals surface area contributed by atoms with Gasteiger partial charge in [0.1, 0.15) is 23.7 Å². The molecule has 3 heterocycles. The van der Waals surface area contributed by atoms with Gasteiger partial charge in [-0.3, -0.25) is 19.4 Å². The van der Waals surface area contributed by atoms with E-state index in [-0.39, 0.29) is 24.5 Å². The van der Waals surface area contributed by atoms with Crippen molar-refractivity contribution in [2.24, 2.45) is 4.99 Å². The second-order valence-corrected chi connectivity index (χ2v) is 12.0. The van der Waals surface area contributed by atoms with Crippen LogP contribution in [0.1, 0.15) is 42.1 Å².